The van der Waals surface area contributed by atoms with Crippen molar-refractivity contribution >= 4 is 5.91 Å². The van der Waals surface area contributed by atoms with Crippen molar-refractivity contribution < 1.29 is 18.7 Å². The molecule has 0 aromatic heterocycles. The van der Waals surface area contributed by atoms with E-state index < -0.39 is 0 Å². The van der Waals surface area contributed by atoms with Crippen LogP contribution in [0.5, 0.6) is 11.5 Å². The molecule has 2 aromatic rings. The molecule has 0 heterocycles. The van der Waals surface area contributed by atoms with E-state index in [1.54, 1.807) is 12.1 Å². The zero-order chi connectivity index (χ0) is 19.8. The average Bonchev–Trinajstić information content (AvgIpc) is 3.53. The molecule has 0 bridgehead atoms. The Morgan fingerprint density at radius 2 is 1.71 bits per heavy atom. The quantitative estimate of drug-likeness (QED) is 0.602. The number of nitrogens with zero attached hydrogens (tertiary/aromatic N) is 1. The molecule has 1 amide bonds. The molecule has 0 atom stereocenters. The van der Waals surface area contributed by atoms with Gasteiger partial charge in [0.1, 0.15) is 23.9 Å². The van der Waals surface area contributed by atoms with Crippen LogP contribution in [-0.2, 0) is 11.3 Å². The van der Waals surface area contributed by atoms with Crippen LogP contribution < -0.4 is 14.8 Å². The first-order chi connectivity index (χ1) is 13.6. The molecule has 0 radical (unpaired) electrons. The van der Waals surface area contributed by atoms with Gasteiger partial charge in [0.2, 0.25) is 5.91 Å². The summed E-state index contributed by atoms with van der Waals surface area (Å²) in [5.74, 6) is 1.29. The fraction of sp³-hybridized carbons (Fsp3) is 0.409. The van der Waals surface area contributed by atoms with E-state index in [4.69, 9.17) is 9.47 Å². The summed E-state index contributed by atoms with van der Waals surface area (Å²) in [6.45, 7) is 4.41. The van der Waals surface area contributed by atoms with Crippen molar-refractivity contribution in [2.24, 2.45) is 0 Å². The Morgan fingerprint density at radius 3 is 2.32 bits per heavy atom. The minimum absolute atomic E-state index is 0.0238. The van der Waals surface area contributed by atoms with Gasteiger partial charge in [0.15, 0.2) is 0 Å². The third-order valence-corrected chi connectivity index (χ3v) is 4.54. The van der Waals surface area contributed by atoms with E-state index in [0.717, 1.165) is 29.9 Å². The van der Waals surface area contributed by atoms with Gasteiger partial charge in [0.05, 0.1) is 19.7 Å². The van der Waals surface area contributed by atoms with Gasteiger partial charge in [0, 0.05) is 12.6 Å². The molecule has 0 spiro atoms. The maximum Gasteiger partial charge on any atom is 0.234 e. The molecule has 5 nitrogen and oxygen atoms in total. The van der Waals surface area contributed by atoms with Gasteiger partial charge in [-0.2, -0.15) is 0 Å². The van der Waals surface area contributed by atoms with Crippen molar-refractivity contribution in [3.8, 4) is 11.5 Å². The SMILES string of the molecule is CCOc1ccc(OCCNC(=O)CN(Cc2ccc(F)cc2)C2CC2)cc1. The predicted octanol–water partition coefficient (Wildman–Crippen LogP) is 3.38. The molecule has 3 rings (SSSR count). The minimum Gasteiger partial charge on any atom is -0.494 e. The largest absolute Gasteiger partial charge is 0.494 e. The monoisotopic (exact) mass is 386 g/mol. The van der Waals surface area contributed by atoms with Gasteiger partial charge in [-0.1, -0.05) is 12.1 Å². The number of rotatable bonds is 11. The van der Waals surface area contributed by atoms with Crippen LogP contribution in [0.4, 0.5) is 4.39 Å². The van der Waals surface area contributed by atoms with Gasteiger partial charge in [-0.25, -0.2) is 4.39 Å². The van der Waals surface area contributed by atoms with Crippen molar-refractivity contribution in [1.82, 2.24) is 10.2 Å². The van der Waals surface area contributed by atoms with E-state index in [1.807, 2.05) is 31.2 Å². The summed E-state index contributed by atoms with van der Waals surface area (Å²) in [7, 11) is 0. The molecule has 6 heteroatoms. The third-order valence-electron chi connectivity index (χ3n) is 4.54. The first-order valence-electron chi connectivity index (χ1n) is 9.75. The van der Waals surface area contributed by atoms with Crippen LogP contribution in [0.1, 0.15) is 25.3 Å². The fourth-order valence-electron chi connectivity index (χ4n) is 2.98. The van der Waals surface area contributed by atoms with Crippen LogP contribution in [-0.4, -0.2) is 43.2 Å². The first kappa shape index (κ1) is 20.1. The Kier molecular flexibility index (Phi) is 7.25. The second-order valence-electron chi connectivity index (χ2n) is 6.87. The smallest absolute Gasteiger partial charge is 0.234 e. The summed E-state index contributed by atoms with van der Waals surface area (Å²) >= 11 is 0. The molecule has 150 valence electrons. The highest BCUT2D eigenvalue weighted by atomic mass is 19.1. The van der Waals surface area contributed by atoms with Crippen molar-refractivity contribution in [2.75, 3.05) is 26.3 Å². The number of halogens is 1. The fourth-order valence-corrected chi connectivity index (χ4v) is 2.98. The van der Waals surface area contributed by atoms with E-state index in [9.17, 15) is 9.18 Å². The molecular formula is C22H27FN2O3. The molecule has 0 aliphatic heterocycles. The summed E-state index contributed by atoms with van der Waals surface area (Å²) in [6, 6.07) is 14.3. The van der Waals surface area contributed by atoms with Gasteiger partial charge >= 0.3 is 0 Å². The molecule has 1 aliphatic rings. The number of amides is 1. The summed E-state index contributed by atoms with van der Waals surface area (Å²) < 4.78 is 24.1. The molecular weight excluding hydrogens is 359 g/mol. The normalized spacial score (nSPS) is 13.4. The second-order valence-corrected chi connectivity index (χ2v) is 6.87. The van der Waals surface area contributed by atoms with Crippen molar-refractivity contribution in [3.63, 3.8) is 0 Å². The third kappa shape index (κ3) is 6.53. The van der Waals surface area contributed by atoms with Crippen molar-refractivity contribution in [3.05, 3.63) is 59.9 Å². The summed E-state index contributed by atoms with van der Waals surface area (Å²) in [6.07, 6.45) is 2.21. The number of hydrogen-bond donors (Lipinski definition) is 1. The Balaban J connectivity index is 1.38. The zero-order valence-electron chi connectivity index (χ0n) is 16.2. The van der Waals surface area contributed by atoms with Crippen LogP contribution in [0.15, 0.2) is 48.5 Å². The maximum absolute atomic E-state index is 13.1. The van der Waals surface area contributed by atoms with E-state index in [0.29, 0.717) is 38.9 Å². The van der Waals surface area contributed by atoms with Gasteiger partial charge in [0.25, 0.3) is 0 Å². The highest BCUT2D eigenvalue weighted by Crippen LogP contribution is 2.28. The Hall–Kier alpha value is -2.60. The number of ether oxygens (including phenoxy) is 2. The molecule has 1 N–H and O–H groups in total. The van der Waals surface area contributed by atoms with E-state index in [1.165, 1.54) is 12.1 Å². The molecule has 1 aliphatic carbocycles. The number of hydrogen-bond acceptors (Lipinski definition) is 4. The lowest BCUT2D eigenvalue weighted by Crippen LogP contribution is -2.39. The summed E-state index contributed by atoms with van der Waals surface area (Å²) in [5.41, 5.74) is 1.01. The van der Waals surface area contributed by atoms with Gasteiger partial charge in [-0.05, 0) is 61.7 Å². The maximum atomic E-state index is 13.1. The molecule has 1 saturated carbocycles. The minimum atomic E-state index is -0.244. The van der Waals surface area contributed by atoms with Crippen LogP contribution in [0.2, 0.25) is 0 Å². The Bertz CT molecular complexity index is 745. The zero-order valence-corrected chi connectivity index (χ0v) is 16.2. The standard InChI is InChI=1S/C22H27FN2O3/c1-2-27-20-9-11-21(12-10-20)28-14-13-24-22(26)16-25(19-7-8-19)15-17-3-5-18(23)6-4-17/h3-6,9-12,19H,2,7-8,13-16H2,1H3,(H,24,26). The van der Waals surface area contributed by atoms with Crippen molar-refractivity contribution in [1.29, 1.82) is 0 Å². The topological polar surface area (TPSA) is 50.8 Å². The van der Waals surface area contributed by atoms with Gasteiger partial charge < -0.3 is 14.8 Å². The number of carbonyl (C=O) groups is 1. The molecule has 28 heavy (non-hydrogen) atoms. The molecule has 0 unspecified atom stereocenters. The number of nitrogens with one attached hydrogen (secondary N) is 1. The van der Waals surface area contributed by atoms with E-state index in [2.05, 4.69) is 10.2 Å². The van der Waals surface area contributed by atoms with Crippen LogP contribution in [0.3, 0.4) is 0 Å². The first-order valence-corrected chi connectivity index (χ1v) is 9.75. The molecule has 1 fully saturated rings. The van der Waals surface area contributed by atoms with E-state index in [-0.39, 0.29) is 11.7 Å². The lowest BCUT2D eigenvalue weighted by atomic mass is 10.2. The van der Waals surface area contributed by atoms with Gasteiger partial charge in [-0.15, -0.1) is 0 Å². The second kappa shape index (κ2) is 10.1. The predicted molar refractivity (Wildman–Crippen MR) is 106 cm³/mol. The molecule has 0 saturated heterocycles. The Morgan fingerprint density at radius 1 is 1.07 bits per heavy atom. The highest BCUT2D eigenvalue weighted by molar-refractivity contribution is 5.78. The Labute approximate surface area is 165 Å². The van der Waals surface area contributed by atoms with Gasteiger partial charge in [-0.3, -0.25) is 9.69 Å². The highest BCUT2D eigenvalue weighted by Gasteiger charge is 2.30. The van der Waals surface area contributed by atoms with Crippen LogP contribution >= 0.6 is 0 Å². The number of benzene rings is 2. The lowest BCUT2D eigenvalue weighted by Gasteiger charge is -2.21. The number of carbonyl (C=O) groups excluding carboxylic acids is 1. The van der Waals surface area contributed by atoms with Crippen molar-refractivity contribution in [2.45, 2.75) is 32.4 Å². The summed E-state index contributed by atoms with van der Waals surface area (Å²) in [5, 5.41) is 2.90. The van der Waals surface area contributed by atoms with Crippen LogP contribution in [0, 0.1) is 5.82 Å². The summed E-state index contributed by atoms with van der Waals surface area (Å²) in [4.78, 5) is 14.4. The molecule has 2 aromatic carbocycles. The van der Waals surface area contributed by atoms with Crippen LogP contribution in [0.25, 0.3) is 0 Å². The van der Waals surface area contributed by atoms with E-state index >= 15 is 0 Å². The average molecular weight is 386 g/mol. The lowest BCUT2D eigenvalue weighted by molar-refractivity contribution is -0.122.